The van der Waals surface area contributed by atoms with Crippen LogP contribution >= 0.6 is 11.6 Å². The van der Waals surface area contributed by atoms with Gasteiger partial charge in [-0.25, -0.2) is 8.42 Å². The number of ether oxygens (including phenoxy) is 1. The Bertz CT molecular complexity index is 831. The molecule has 0 aliphatic carbocycles. The first kappa shape index (κ1) is 18.0. The molecule has 2 N–H and O–H groups in total. The standard InChI is InChI=1S/C16H15ClN2O4S/c1-23-15-8-4-13(5-9-15)16(20)18-19-24(21,22)11-10-12-2-6-14(17)7-3-12/h2-11,19H,1H3,(H,18,20)/b11-10+. The van der Waals surface area contributed by atoms with Gasteiger partial charge in [0, 0.05) is 16.0 Å². The number of rotatable bonds is 6. The number of amides is 1. The van der Waals surface area contributed by atoms with Crippen LogP contribution in [-0.2, 0) is 10.0 Å². The molecule has 2 aromatic rings. The fourth-order valence-electron chi connectivity index (χ4n) is 1.71. The Hall–Kier alpha value is -2.35. The van der Waals surface area contributed by atoms with Gasteiger partial charge in [-0.15, -0.1) is 4.83 Å². The summed E-state index contributed by atoms with van der Waals surface area (Å²) in [5, 5.41) is 1.50. The van der Waals surface area contributed by atoms with E-state index in [9.17, 15) is 13.2 Å². The minimum Gasteiger partial charge on any atom is -0.497 e. The summed E-state index contributed by atoms with van der Waals surface area (Å²) in [4.78, 5) is 13.9. The van der Waals surface area contributed by atoms with Crippen LogP contribution in [-0.4, -0.2) is 21.4 Å². The zero-order chi connectivity index (χ0) is 17.6. The molecule has 6 nitrogen and oxygen atoms in total. The monoisotopic (exact) mass is 366 g/mol. The second-order valence-corrected chi connectivity index (χ2v) is 6.69. The minimum atomic E-state index is -3.83. The van der Waals surface area contributed by atoms with Crippen molar-refractivity contribution in [3.63, 3.8) is 0 Å². The van der Waals surface area contributed by atoms with Crippen LogP contribution in [0.3, 0.4) is 0 Å². The summed E-state index contributed by atoms with van der Waals surface area (Å²) in [5.74, 6) is 0.0131. The highest BCUT2D eigenvalue weighted by Crippen LogP contribution is 2.12. The van der Waals surface area contributed by atoms with Crippen LogP contribution in [0.2, 0.25) is 5.02 Å². The largest absolute Gasteiger partial charge is 0.497 e. The molecule has 126 valence electrons. The van der Waals surface area contributed by atoms with Gasteiger partial charge in [0.1, 0.15) is 5.75 Å². The summed E-state index contributed by atoms with van der Waals surface area (Å²) in [7, 11) is -2.32. The number of carbonyl (C=O) groups excluding carboxylic acids is 1. The van der Waals surface area contributed by atoms with Crippen LogP contribution in [0.25, 0.3) is 6.08 Å². The van der Waals surface area contributed by atoms with Crippen LogP contribution in [0.1, 0.15) is 15.9 Å². The topological polar surface area (TPSA) is 84.5 Å². The average molecular weight is 367 g/mol. The number of nitrogens with one attached hydrogen (secondary N) is 2. The number of methoxy groups -OCH3 is 1. The lowest BCUT2D eigenvalue weighted by Gasteiger charge is -2.06. The molecule has 0 aliphatic rings. The minimum absolute atomic E-state index is 0.292. The van der Waals surface area contributed by atoms with Crippen LogP contribution in [0.15, 0.2) is 53.9 Å². The second kappa shape index (κ2) is 7.96. The Morgan fingerprint density at radius 3 is 2.29 bits per heavy atom. The molecule has 0 radical (unpaired) electrons. The van der Waals surface area contributed by atoms with E-state index < -0.39 is 15.9 Å². The van der Waals surface area contributed by atoms with Gasteiger partial charge >= 0.3 is 0 Å². The summed E-state index contributed by atoms with van der Waals surface area (Å²) >= 11 is 5.75. The van der Waals surface area contributed by atoms with Gasteiger partial charge in [-0.05, 0) is 48.0 Å². The molecule has 0 aliphatic heterocycles. The van der Waals surface area contributed by atoms with Gasteiger partial charge < -0.3 is 4.74 Å². The van der Waals surface area contributed by atoms with Crippen molar-refractivity contribution in [2.45, 2.75) is 0 Å². The highest BCUT2D eigenvalue weighted by Gasteiger charge is 2.09. The van der Waals surface area contributed by atoms with Crippen LogP contribution in [0, 0.1) is 0 Å². The van der Waals surface area contributed by atoms with Gasteiger partial charge in [0.15, 0.2) is 0 Å². The average Bonchev–Trinajstić information content (AvgIpc) is 2.59. The van der Waals surface area contributed by atoms with Crippen molar-refractivity contribution in [3.8, 4) is 5.75 Å². The number of hydrogen-bond acceptors (Lipinski definition) is 4. The third kappa shape index (κ3) is 5.38. The molecule has 0 heterocycles. The number of hydrazine groups is 1. The Kier molecular flexibility index (Phi) is 5.97. The predicted octanol–water partition coefficient (Wildman–Crippen LogP) is 2.58. The maximum Gasteiger partial charge on any atom is 0.266 e. The molecule has 0 bridgehead atoms. The van der Waals surface area contributed by atoms with E-state index in [1.807, 2.05) is 4.83 Å². The smallest absolute Gasteiger partial charge is 0.266 e. The first-order chi connectivity index (χ1) is 11.4. The quantitative estimate of drug-likeness (QED) is 0.769. The summed E-state index contributed by atoms with van der Waals surface area (Å²) in [6.45, 7) is 0. The second-order valence-electron chi connectivity index (χ2n) is 4.68. The van der Waals surface area contributed by atoms with Crippen LogP contribution in [0.5, 0.6) is 5.75 Å². The summed E-state index contributed by atoms with van der Waals surface area (Å²) in [5.41, 5.74) is 3.08. The molecule has 0 unspecified atom stereocenters. The lowest BCUT2D eigenvalue weighted by molar-refractivity contribution is 0.0945. The first-order valence-electron chi connectivity index (χ1n) is 6.79. The van der Waals surface area contributed by atoms with E-state index >= 15 is 0 Å². The Morgan fingerprint density at radius 1 is 1.08 bits per heavy atom. The van der Waals surface area contributed by atoms with Crippen molar-refractivity contribution in [2.24, 2.45) is 0 Å². The van der Waals surface area contributed by atoms with Crippen molar-refractivity contribution < 1.29 is 17.9 Å². The third-order valence-corrected chi connectivity index (χ3v) is 4.10. The fourth-order valence-corrected chi connectivity index (χ4v) is 2.47. The lowest BCUT2D eigenvalue weighted by Crippen LogP contribution is -2.40. The summed E-state index contributed by atoms with van der Waals surface area (Å²) < 4.78 is 28.7. The predicted molar refractivity (Wildman–Crippen MR) is 93.0 cm³/mol. The van der Waals surface area contributed by atoms with E-state index in [2.05, 4.69) is 5.43 Å². The van der Waals surface area contributed by atoms with E-state index in [1.165, 1.54) is 25.3 Å². The number of halogens is 1. The molecule has 0 saturated carbocycles. The van der Waals surface area contributed by atoms with E-state index in [0.29, 0.717) is 21.9 Å². The Morgan fingerprint density at radius 2 is 1.71 bits per heavy atom. The van der Waals surface area contributed by atoms with Crippen molar-refractivity contribution in [1.82, 2.24) is 10.3 Å². The number of sulfonamides is 1. The van der Waals surface area contributed by atoms with Crippen molar-refractivity contribution in [1.29, 1.82) is 0 Å². The van der Waals surface area contributed by atoms with Gasteiger partial charge in [-0.1, -0.05) is 23.7 Å². The molecular weight excluding hydrogens is 352 g/mol. The maximum absolute atomic E-state index is 11.9. The highest BCUT2D eigenvalue weighted by molar-refractivity contribution is 7.92. The van der Waals surface area contributed by atoms with Gasteiger partial charge in [-0.2, -0.15) is 0 Å². The van der Waals surface area contributed by atoms with E-state index in [-0.39, 0.29) is 0 Å². The number of carbonyl (C=O) groups is 1. The molecule has 0 saturated heterocycles. The number of benzene rings is 2. The van der Waals surface area contributed by atoms with Gasteiger partial charge in [-0.3, -0.25) is 10.2 Å². The SMILES string of the molecule is COc1ccc(C(=O)NNS(=O)(=O)/C=C/c2ccc(Cl)cc2)cc1. The van der Waals surface area contributed by atoms with E-state index in [0.717, 1.165) is 5.41 Å². The Balaban J connectivity index is 1.96. The van der Waals surface area contributed by atoms with Crippen molar-refractivity contribution >= 4 is 33.6 Å². The molecule has 0 fully saturated rings. The zero-order valence-corrected chi connectivity index (χ0v) is 14.3. The molecule has 0 aromatic heterocycles. The normalized spacial score (nSPS) is 11.4. The van der Waals surface area contributed by atoms with Crippen molar-refractivity contribution in [2.75, 3.05) is 7.11 Å². The van der Waals surface area contributed by atoms with Gasteiger partial charge in [0.05, 0.1) is 7.11 Å². The zero-order valence-electron chi connectivity index (χ0n) is 12.7. The van der Waals surface area contributed by atoms with Crippen LogP contribution < -0.4 is 15.0 Å². The molecule has 0 spiro atoms. The maximum atomic E-state index is 11.9. The number of hydrogen-bond donors (Lipinski definition) is 2. The molecular formula is C16H15ClN2O4S. The van der Waals surface area contributed by atoms with E-state index in [1.54, 1.807) is 36.4 Å². The summed E-state index contributed by atoms with van der Waals surface area (Å²) in [6, 6.07) is 12.9. The molecule has 8 heteroatoms. The molecule has 1 amide bonds. The van der Waals surface area contributed by atoms with Gasteiger partial charge in [0.2, 0.25) is 0 Å². The van der Waals surface area contributed by atoms with Crippen LogP contribution in [0.4, 0.5) is 0 Å². The first-order valence-corrected chi connectivity index (χ1v) is 8.72. The molecule has 2 rings (SSSR count). The Labute approximate surface area is 145 Å². The third-order valence-electron chi connectivity index (χ3n) is 2.97. The van der Waals surface area contributed by atoms with E-state index in [4.69, 9.17) is 16.3 Å². The van der Waals surface area contributed by atoms with Gasteiger partial charge in [0.25, 0.3) is 15.9 Å². The molecule has 2 aromatic carbocycles. The van der Waals surface area contributed by atoms with Crippen molar-refractivity contribution in [3.05, 3.63) is 70.1 Å². The molecule has 0 atom stereocenters. The summed E-state index contributed by atoms with van der Waals surface area (Å²) in [6.07, 6.45) is 1.39. The lowest BCUT2D eigenvalue weighted by atomic mass is 10.2. The highest BCUT2D eigenvalue weighted by atomic mass is 35.5. The molecule has 24 heavy (non-hydrogen) atoms. The fraction of sp³-hybridized carbons (Fsp3) is 0.0625.